The zero-order valence-corrected chi connectivity index (χ0v) is 14.3. The summed E-state index contributed by atoms with van der Waals surface area (Å²) in [7, 11) is 0. The van der Waals surface area contributed by atoms with Gasteiger partial charge in [-0.1, -0.05) is 23.9 Å². The smallest absolute Gasteiger partial charge is 0.338 e. The number of ether oxygens (including phenoxy) is 1. The van der Waals surface area contributed by atoms with Gasteiger partial charge in [-0.25, -0.2) is 4.79 Å². The highest BCUT2D eigenvalue weighted by Gasteiger charge is 2.10. The van der Waals surface area contributed by atoms with E-state index in [9.17, 15) is 4.79 Å². The molecule has 6 nitrogen and oxygen atoms in total. The first kappa shape index (κ1) is 16.3. The molecule has 0 aliphatic heterocycles. The van der Waals surface area contributed by atoms with Crippen LogP contribution >= 0.6 is 11.8 Å². The molecule has 0 fully saturated rings. The number of nitrogens with two attached hydrogens (primary N) is 1. The van der Waals surface area contributed by atoms with Crippen molar-refractivity contribution in [3.05, 3.63) is 53.7 Å². The van der Waals surface area contributed by atoms with Crippen LogP contribution < -0.4 is 5.73 Å². The highest BCUT2D eigenvalue weighted by atomic mass is 32.2. The minimum absolute atomic E-state index is 0.124. The number of fused-ring (bicyclic) bond motifs is 1. The van der Waals surface area contributed by atoms with Gasteiger partial charge in [0.25, 0.3) is 0 Å². The molecule has 0 bridgehead atoms. The third-order valence-electron chi connectivity index (χ3n) is 3.29. The first-order valence-electron chi connectivity index (χ1n) is 7.56. The van der Waals surface area contributed by atoms with Crippen molar-refractivity contribution in [1.82, 2.24) is 14.6 Å². The third-order valence-corrected chi connectivity index (χ3v) is 4.31. The first-order valence-corrected chi connectivity index (χ1v) is 8.54. The third kappa shape index (κ3) is 3.68. The molecule has 0 aliphatic rings. The van der Waals surface area contributed by atoms with Crippen LogP contribution in [0.25, 0.3) is 5.65 Å². The second-order valence-electron chi connectivity index (χ2n) is 5.61. The standard InChI is InChI=1S/C17H18N4O2S/c1-11(2)23-16(22)13-5-3-12(4-6-13)10-24-17-20-19-15-8-7-14(18)9-21(15)17/h3-9,11H,10,18H2,1-2H3. The van der Waals surface area contributed by atoms with Crippen molar-refractivity contribution in [1.29, 1.82) is 0 Å². The Bertz CT molecular complexity index is 859. The fourth-order valence-electron chi connectivity index (χ4n) is 2.15. The van der Waals surface area contributed by atoms with Crippen LogP contribution in [0.2, 0.25) is 0 Å². The van der Waals surface area contributed by atoms with E-state index in [0.29, 0.717) is 11.3 Å². The van der Waals surface area contributed by atoms with Crippen molar-refractivity contribution in [3.63, 3.8) is 0 Å². The lowest BCUT2D eigenvalue weighted by molar-refractivity contribution is 0.0378. The molecule has 0 saturated carbocycles. The van der Waals surface area contributed by atoms with Gasteiger partial charge in [-0.05, 0) is 43.7 Å². The number of aromatic nitrogens is 3. The van der Waals surface area contributed by atoms with Crippen LogP contribution in [-0.2, 0) is 10.5 Å². The van der Waals surface area contributed by atoms with Crippen LogP contribution in [0.3, 0.4) is 0 Å². The Morgan fingerprint density at radius 1 is 1.21 bits per heavy atom. The summed E-state index contributed by atoms with van der Waals surface area (Å²) in [6.07, 6.45) is 1.68. The second-order valence-corrected chi connectivity index (χ2v) is 6.56. The summed E-state index contributed by atoms with van der Waals surface area (Å²) in [6.45, 7) is 3.66. The topological polar surface area (TPSA) is 82.5 Å². The molecular formula is C17H18N4O2S. The minimum Gasteiger partial charge on any atom is -0.459 e. The Morgan fingerprint density at radius 3 is 2.67 bits per heavy atom. The molecule has 0 saturated heterocycles. The largest absolute Gasteiger partial charge is 0.459 e. The van der Waals surface area contributed by atoms with Crippen molar-refractivity contribution in [2.45, 2.75) is 30.9 Å². The monoisotopic (exact) mass is 342 g/mol. The molecule has 0 atom stereocenters. The van der Waals surface area contributed by atoms with Gasteiger partial charge in [0.1, 0.15) is 0 Å². The lowest BCUT2D eigenvalue weighted by atomic mass is 10.1. The molecule has 2 heterocycles. The second kappa shape index (κ2) is 6.92. The quantitative estimate of drug-likeness (QED) is 0.566. The molecule has 2 aromatic heterocycles. The van der Waals surface area contributed by atoms with Crippen LogP contribution in [0, 0.1) is 0 Å². The number of rotatable bonds is 5. The highest BCUT2D eigenvalue weighted by molar-refractivity contribution is 7.98. The van der Waals surface area contributed by atoms with Crippen LogP contribution in [0.5, 0.6) is 0 Å². The molecule has 0 radical (unpaired) electrons. The van der Waals surface area contributed by atoms with Crippen LogP contribution in [0.1, 0.15) is 29.8 Å². The number of hydrogen-bond acceptors (Lipinski definition) is 6. The molecule has 1 aromatic carbocycles. The number of thioether (sulfide) groups is 1. The van der Waals surface area contributed by atoms with E-state index in [1.165, 1.54) is 0 Å². The number of nitrogen functional groups attached to an aromatic ring is 1. The van der Waals surface area contributed by atoms with E-state index in [2.05, 4.69) is 10.2 Å². The Balaban J connectivity index is 1.68. The number of carbonyl (C=O) groups excluding carboxylic acids is 1. The molecule has 0 amide bonds. The Morgan fingerprint density at radius 2 is 1.96 bits per heavy atom. The van der Waals surface area contributed by atoms with E-state index in [-0.39, 0.29) is 12.1 Å². The molecule has 3 aromatic rings. The summed E-state index contributed by atoms with van der Waals surface area (Å²) >= 11 is 1.56. The number of carbonyl (C=O) groups is 1. The Kier molecular flexibility index (Phi) is 4.71. The van der Waals surface area contributed by atoms with Crippen molar-refractivity contribution in [2.24, 2.45) is 0 Å². The molecule has 3 rings (SSSR count). The molecule has 7 heteroatoms. The summed E-state index contributed by atoms with van der Waals surface area (Å²) in [4.78, 5) is 11.8. The predicted octanol–water partition coefficient (Wildman–Crippen LogP) is 3.17. The number of benzene rings is 1. The van der Waals surface area contributed by atoms with Gasteiger partial charge in [-0.15, -0.1) is 10.2 Å². The van der Waals surface area contributed by atoms with E-state index >= 15 is 0 Å². The Hall–Kier alpha value is -2.54. The average molecular weight is 342 g/mol. The number of nitrogens with zero attached hydrogens (tertiary/aromatic N) is 3. The van der Waals surface area contributed by atoms with E-state index in [0.717, 1.165) is 22.1 Å². The summed E-state index contributed by atoms with van der Waals surface area (Å²) in [5.74, 6) is 0.415. The molecule has 0 unspecified atom stereocenters. The predicted molar refractivity (Wildman–Crippen MR) is 94.0 cm³/mol. The number of esters is 1. The zero-order chi connectivity index (χ0) is 17.1. The average Bonchev–Trinajstić information content (AvgIpc) is 2.95. The number of anilines is 1. The summed E-state index contributed by atoms with van der Waals surface area (Å²) in [5.41, 5.74) is 8.87. The van der Waals surface area contributed by atoms with E-state index < -0.39 is 0 Å². The van der Waals surface area contributed by atoms with E-state index in [1.807, 2.05) is 42.6 Å². The SMILES string of the molecule is CC(C)OC(=O)c1ccc(CSc2nnc3ccc(N)cn23)cc1. The minimum atomic E-state index is -0.303. The first-order chi connectivity index (χ1) is 11.5. The lowest BCUT2D eigenvalue weighted by Crippen LogP contribution is -2.11. The fourth-order valence-corrected chi connectivity index (χ4v) is 3.02. The Labute approximate surface area is 144 Å². The van der Waals surface area contributed by atoms with Crippen molar-refractivity contribution >= 4 is 29.1 Å². The maximum Gasteiger partial charge on any atom is 0.338 e. The van der Waals surface area contributed by atoms with E-state index in [4.69, 9.17) is 10.5 Å². The van der Waals surface area contributed by atoms with Gasteiger partial charge < -0.3 is 10.5 Å². The van der Waals surface area contributed by atoms with Gasteiger partial charge >= 0.3 is 5.97 Å². The summed E-state index contributed by atoms with van der Waals surface area (Å²) in [6, 6.07) is 11.0. The van der Waals surface area contributed by atoms with Gasteiger partial charge in [0.05, 0.1) is 11.7 Å². The van der Waals surface area contributed by atoms with Crippen molar-refractivity contribution in [3.8, 4) is 0 Å². The molecule has 0 spiro atoms. The maximum absolute atomic E-state index is 11.8. The molecule has 24 heavy (non-hydrogen) atoms. The van der Waals surface area contributed by atoms with Crippen molar-refractivity contribution in [2.75, 3.05) is 5.73 Å². The highest BCUT2D eigenvalue weighted by Crippen LogP contribution is 2.23. The van der Waals surface area contributed by atoms with Crippen LogP contribution in [0.15, 0.2) is 47.8 Å². The summed E-state index contributed by atoms with van der Waals surface area (Å²) < 4.78 is 7.05. The zero-order valence-electron chi connectivity index (χ0n) is 13.5. The molecule has 0 aliphatic carbocycles. The molecule has 2 N–H and O–H groups in total. The fraction of sp³-hybridized carbons (Fsp3) is 0.235. The van der Waals surface area contributed by atoms with Gasteiger partial charge in [-0.2, -0.15) is 0 Å². The van der Waals surface area contributed by atoms with E-state index in [1.54, 1.807) is 30.0 Å². The summed E-state index contributed by atoms with van der Waals surface area (Å²) in [5, 5.41) is 9.07. The van der Waals surface area contributed by atoms with Crippen molar-refractivity contribution < 1.29 is 9.53 Å². The van der Waals surface area contributed by atoms with Crippen LogP contribution in [0.4, 0.5) is 5.69 Å². The van der Waals surface area contributed by atoms with Gasteiger partial charge in [0, 0.05) is 17.6 Å². The van der Waals surface area contributed by atoms with Gasteiger partial charge in [0.15, 0.2) is 10.8 Å². The van der Waals surface area contributed by atoms with Crippen LogP contribution in [-0.4, -0.2) is 26.7 Å². The lowest BCUT2D eigenvalue weighted by Gasteiger charge is -2.08. The number of pyridine rings is 1. The van der Waals surface area contributed by atoms with Gasteiger partial charge in [0.2, 0.25) is 0 Å². The maximum atomic E-state index is 11.8. The molecule has 124 valence electrons. The van der Waals surface area contributed by atoms with Gasteiger partial charge in [-0.3, -0.25) is 4.40 Å². The molecular weight excluding hydrogens is 324 g/mol. The number of hydrogen-bond donors (Lipinski definition) is 1. The normalized spacial score (nSPS) is 11.1.